The van der Waals surface area contributed by atoms with Gasteiger partial charge in [0.2, 0.25) is 5.91 Å². The number of carbonyl (C=O) groups is 2. The van der Waals surface area contributed by atoms with Crippen molar-refractivity contribution in [2.75, 3.05) is 24.3 Å². The van der Waals surface area contributed by atoms with E-state index in [1.165, 1.54) is 30.6 Å². The lowest BCUT2D eigenvalue weighted by Crippen LogP contribution is -2.31. The maximum Gasteiger partial charge on any atom is 0.416 e. The van der Waals surface area contributed by atoms with Crippen LogP contribution in [0.25, 0.3) is 10.4 Å². The summed E-state index contributed by atoms with van der Waals surface area (Å²) in [5.74, 6) is -0.683. The SMILES string of the molecule is COC(=O)c1nc(NC[C@H](N)Cc2ccc(C(F)(F)F)cc2)sc1-c1ccc2c(c1)CC(=O)N2. The van der Waals surface area contributed by atoms with Gasteiger partial charge in [-0.3, -0.25) is 4.79 Å². The van der Waals surface area contributed by atoms with Crippen LogP contribution in [0.1, 0.15) is 27.2 Å². The number of alkyl halides is 3. The average Bonchev–Trinajstić information content (AvgIpc) is 3.39. The van der Waals surface area contributed by atoms with Gasteiger partial charge in [-0.15, -0.1) is 0 Å². The summed E-state index contributed by atoms with van der Waals surface area (Å²) in [4.78, 5) is 28.9. The number of carbonyl (C=O) groups excluding carboxylic acids is 2. The number of fused-ring (bicyclic) bond motifs is 1. The van der Waals surface area contributed by atoms with E-state index in [4.69, 9.17) is 10.5 Å². The molecule has 178 valence electrons. The zero-order valence-corrected chi connectivity index (χ0v) is 18.8. The molecule has 4 rings (SSSR count). The Hall–Kier alpha value is -3.44. The summed E-state index contributed by atoms with van der Waals surface area (Å²) in [6.45, 7) is 0.289. The fourth-order valence-corrected chi connectivity index (χ4v) is 4.58. The van der Waals surface area contributed by atoms with Crippen molar-refractivity contribution in [2.45, 2.75) is 25.1 Å². The molecule has 3 aromatic rings. The minimum absolute atomic E-state index is 0.0889. The molecule has 2 aromatic carbocycles. The fraction of sp³-hybridized carbons (Fsp3) is 0.261. The smallest absolute Gasteiger partial charge is 0.416 e. The van der Waals surface area contributed by atoms with Crippen LogP contribution in [0.15, 0.2) is 42.5 Å². The Morgan fingerprint density at radius 2 is 2.00 bits per heavy atom. The molecule has 2 heterocycles. The van der Waals surface area contributed by atoms with E-state index in [9.17, 15) is 22.8 Å². The molecule has 1 atom stereocenters. The number of hydrogen-bond acceptors (Lipinski definition) is 7. The molecule has 1 aliphatic rings. The summed E-state index contributed by atoms with van der Waals surface area (Å²) in [5.41, 5.74) is 8.57. The zero-order valence-electron chi connectivity index (χ0n) is 18.0. The number of ether oxygens (including phenoxy) is 1. The van der Waals surface area contributed by atoms with Gasteiger partial charge in [0, 0.05) is 18.3 Å². The fourth-order valence-electron chi connectivity index (χ4n) is 3.62. The first-order valence-corrected chi connectivity index (χ1v) is 11.1. The molecule has 0 spiro atoms. The first kappa shape index (κ1) is 23.7. The summed E-state index contributed by atoms with van der Waals surface area (Å²) in [7, 11) is 1.27. The molecule has 1 aromatic heterocycles. The Morgan fingerprint density at radius 1 is 1.26 bits per heavy atom. The lowest BCUT2D eigenvalue weighted by molar-refractivity contribution is -0.137. The van der Waals surface area contributed by atoms with E-state index in [0.717, 1.165) is 28.9 Å². The van der Waals surface area contributed by atoms with E-state index in [1.807, 2.05) is 6.07 Å². The molecule has 0 radical (unpaired) electrons. The van der Waals surface area contributed by atoms with Gasteiger partial charge in [-0.1, -0.05) is 29.5 Å². The number of benzene rings is 2. The second-order valence-electron chi connectivity index (χ2n) is 7.82. The van der Waals surface area contributed by atoms with Crippen LogP contribution in [0.3, 0.4) is 0 Å². The topological polar surface area (TPSA) is 106 Å². The lowest BCUT2D eigenvalue weighted by atomic mass is 10.0. The molecule has 34 heavy (non-hydrogen) atoms. The summed E-state index contributed by atoms with van der Waals surface area (Å²) in [6.07, 6.45) is -3.76. The van der Waals surface area contributed by atoms with E-state index in [-0.39, 0.29) is 24.6 Å². The van der Waals surface area contributed by atoms with Crippen LogP contribution in [-0.4, -0.2) is 36.6 Å². The summed E-state index contributed by atoms with van der Waals surface area (Å²) in [6, 6.07) is 9.90. The molecule has 0 saturated carbocycles. The average molecular weight is 491 g/mol. The highest BCUT2D eigenvalue weighted by Crippen LogP contribution is 2.36. The third-order valence-electron chi connectivity index (χ3n) is 5.29. The second kappa shape index (κ2) is 9.43. The van der Waals surface area contributed by atoms with Crippen LogP contribution in [0.2, 0.25) is 0 Å². The number of methoxy groups -OCH3 is 1. The van der Waals surface area contributed by atoms with Crippen molar-refractivity contribution in [3.8, 4) is 10.4 Å². The van der Waals surface area contributed by atoms with Crippen LogP contribution in [0.5, 0.6) is 0 Å². The van der Waals surface area contributed by atoms with Crippen LogP contribution in [-0.2, 0) is 28.5 Å². The minimum Gasteiger partial charge on any atom is -0.464 e. The maximum absolute atomic E-state index is 12.7. The van der Waals surface area contributed by atoms with Crippen molar-refractivity contribution in [3.63, 3.8) is 0 Å². The van der Waals surface area contributed by atoms with Gasteiger partial charge in [-0.2, -0.15) is 13.2 Å². The van der Waals surface area contributed by atoms with E-state index in [2.05, 4.69) is 15.6 Å². The van der Waals surface area contributed by atoms with E-state index in [0.29, 0.717) is 22.0 Å². The van der Waals surface area contributed by atoms with Gasteiger partial charge in [-0.25, -0.2) is 9.78 Å². The number of esters is 1. The maximum atomic E-state index is 12.7. The summed E-state index contributed by atoms with van der Waals surface area (Å²) < 4.78 is 43.0. The van der Waals surface area contributed by atoms with Gasteiger partial charge in [0.25, 0.3) is 0 Å². The quantitative estimate of drug-likeness (QED) is 0.431. The first-order valence-electron chi connectivity index (χ1n) is 10.3. The molecule has 1 amide bonds. The van der Waals surface area contributed by atoms with Gasteiger partial charge >= 0.3 is 12.1 Å². The molecule has 0 bridgehead atoms. The minimum atomic E-state index is -4.38. The van der Waals surface area contributed by atoms with Crippen molar-refractivity contribution in [3.05, 3.63) is 64.8 Å². The number of anilines is 2. The number of nitrogens with zero attached hydrogens (tertiary/aromatic N) is 1. The molecular weight excluding hydrogens is 469 g/mol. The molecule has 4 N–H and O–H groups in total. The lowest BCUT2D eigenvalue weighted by Gasteiger charge is -2.13. The van der Waals surface area contributed by atoms with Crippen molar-refractivity contribution in [2.24, 2.45) is 5.73 Å². The molecule has 1 aliphatic heterocycles. The third-order valence-corrected chi connectivity index (χ3v) is 6.36. The normalized spacial score (nSPS) is 13.9. The van der Waals surface area contributed by atoms with Crippen molar-refractivity contribution < 1.29 is 27.5 Å². The number of nitrogens with one attached hydrogen (secondary N) is 2. The van der Waals surface area contributed by atoms with Crippen molar-refractivity contribution in [1.82, 2.24) is 4.98 Å². The predicted molar refractivity (Wildman–Crippen MR) is 123 cm³/mol. The Kier molecular flexibility index (Phi) is 6.58. The van der Waals surface area contributed by atoms with E-state index in [1.54, 1.807) is 12.1 Å². The number of nitrogens with two attached hydrogens (primary N) is 1. The van der Waals surface area contributed by atoms with Gasteiger partial charge < -0.3 is 21.1 Å². The van der Waals surface area contributed by atoms with Gasteiger partial charge in [0.1, 0.15) is 0 Å². The van der Waals surface area contributed by atoms with E-state index < -0.39 is 23.8 Å². The summed E-state index contributed by atoms with van der Waals surface area (Å²) >= 11 is 1.25. The molecule has 11 heteroatoms. The number of aromatic nitrogens is 1. The highest BCUT2D eigenvalue weighted by atomic mass is 32.1. The third kappa shape index (κ3) is 5.20. The molecule has 0 saturated heterocycles. The second-order valence-corrected chi connectivity index (χ2v) is 8.82. The Bertz CT molecular complexity index is 1230. The van der Waals surface area contributed by atoms with Gasteiger partial charge in [-0.05, 0) is 47.4 Å². The number of hydrogen-bond donors (Lipinski definition) is 3. The van der Waals surface area contributed by atoms with Crippen LogP contribution >= 0.6 is 11.3 Å². The monoisotopic (exact) mass is 490 g/mol. The van der Waals surface area contributed by atoms with E-state index >= 15 is 0 Å². The predicted octanol–water partition coefficient (Wildman–Crippen LogP) is 4.09. The summed E-state index contributed by atoms with van der Waals surface area (Å²) in [5, 5.41) is 6.32. The van der Waals surface area contributed by atoms with Crippen molar-refractivity contribution >= 4 is 34.0 Å². The number of thiazole rings is 1. The molecular formula is C23H21F3N4O3S. The van der Waals surface area contributed by atoms with Crippen LogP contribution < -0.4 is 16.4 Å². The number of halogens is 3. The number of amides is 1. The highest BCUT2D eigenvalue weighted by Gasteiger charge is 2.30. The Balaban J connectivity index is 1.46. The molecule has 7 nitrogen and oxygen atoms in total. The van der Waals surface area contributed by atoms with Crippen LogP contribution in [0.4, 0.5) is 24.0 Å². The Morgan fingerprint density at radius 3 is 2.68 bits per heavy atom. The van der Waals surface area contributed by atoms with Gasteiger partial charge in [0.05, 0.1) is 24.0 Å². The Labute approximate surface area is 197 Å². The largest absolute Gasteiger partial charge is 0.464 e. The molecule has 0 aliphatic carbocycles. The van der Waals surface area contributed by atoms with Crippen LogP contribution in [0, 0.1) is 0 Å². The molecule has 0 fully saturated rings. The molecule has 0 unspecified atom stereocenters. The first-order chi connectivity index (χ1) is 16.1. The number of rotatable bonds is 7. The standard InChI is InChI=1S/C23H21F3N4O3S/c1-33-21(32)19-20(13-4-7-17-14(9-13)10-18(31)29-17)34-22(30-19)28-11-16(27)8-12-2-5-15(6-3-12)23(24,25)26/h2-7,9,16H,8,10-11,27H2,1H3,(H,28,30)(H,29,31)/t16-/m1/s1. The van der Waals surface area contributed by atoms with Crippen molar-refractivity contribution in [1.29, 1.82) is 0 Å². The zero-order chi connectivity index (χ0) is 24.5. The highest BCUT2D eigenvalue weighted by molar-refractivity contribution is 7.19. The van der Waals surface area contributed by atoms with Gasteiger partial charge in [0.15, 0.2) is 10.8 Å².